The minimum absolute atomic E-state index is 0.0611. The molecule has 28 heavy (non-hydrogen) atoms. The highest BCUT2D eigenvalue weighted by Gasteiger charge is 2.37. The van der Waals surface area contributed by atoms with E-state index in [0.29, 0.717) is 10.7 Å². The molecule has 1 heterocycles. The van der Waals surface area contributed by atoms with Gasteiger partial charge in [0.1, 0.15) is 0 Å². The molecule has 2 aromatic carbocycles. The quantitative estimate of drug-likeness (QED) is 0.778. The Morgan fingerprint density at radius 2 is 1.86 bits per heavy atom. The van der Waals surface area contributed by atoms with Gasteiger partial charge in [-0.25, -0.2) is 0 Å². The van der Waals surface area contributed by atoms with Crippen molar-refractivity contribution in [2.24, 2.45) is 5.92 Å². The van der Waals surface area contributed by atoms with E-state index < -0.39 is 23.9 Å². The van der Waals surface area contributed by atoms with E-state index in [-0.39, 0.29) is 18.9 Å². The maximum absolute atomic E-state index is 12.4. The molecule has 0 bridgehead atoms. The van der Waals surface area contributed by atoms with Crippen LogP contribution in [0.1, 0.15) is 18.9 Å². The molecule has 6 nitrogen and oxygen atoms in total. The number of anilines is 2. The van der Waals surface area contributed by atoms with Gasteiger partial charge in [-0.3, -0.25) is 14.4 Å². The number of nitrogens with one attached hydrogen (secondary N) is 1. The Morgan fingerprint density at radius 1 is 1.18 bits per heavy atom. The lowest BCUT2D eigenvalue weighted by molar-refractivity contribution is -0.157. The molecule has 0 aliphatic carbocycles. The van der Waals surface area contributed by atoms with Crippen molar-refractivity contribution in [2.75, 3.05) is 16.8 Å². The number of amides is 2. The highest BCUT2D eigenvalue weighted by Crippen LogP contribution is 2.26. The second kappa shape index (κ2) is 8.44. The van der Waals surface area contributed by atoms with Gasteiger partial charge in [0.2, 0.25) is 5.91 Å². The van der Waals surface area contributed by atoms with Gasteiger partial charge in [0.25, 0.3) is 5.91 Å². The highest BCUT2D eigenvalue weighted by molar-refractivity contribution is 6.33. The number of ether oxygens (including phenoxy) is 1. The number of aryl methyl sites for hydroxylation is 1. The van der Waals surface area contributed by atoms with Crippen LogP contribution in [-0.2, 0) is 19.1 Å². The maximum Gasteiger partial charge on any atom is 0.312 e. The molecule has 2 atom stereocenters. The van der Waals surface area contributed by atoms with Crippen LogP contribution in [0.15, 0.2) is 48.5 Å². The van der Waals surface area contributed by atoms with Crippen LogP contribution in [0.3, 0.4) is 0 Å². The Bertz CT molecular complexity index is 898. The zero-order chi connectivity index (χ0) is 20.3. The summed E-state index contributed by atoms with van der Waals surface area (Å²) in [5.74, 6) is -1.80. The van der Waals surface area contributed by atoms with E-state index in [0.717, 1.165) is 11.3 Å². The van der Waals surface area contributed by atoms with E-state index in [2.05, 4.69) is 5.32 Å². The normalized spacial score (nSPS) is 17.3. The molecule has 2 amide bonds. The van der Waals surface area contributed by atoms with E-state index >= 15 is 0 Å². The molecule has 7 heteroatoms. The van der Waals surface area contributed by atoms with E-state index in [4.69, 9.17) is 16.3 Å². The second-order valence-electron chi connectivity index (χ2n) is 6.79. The SMILES string of the molecule is Cc1ccc(N2C[C@@H](C(=O)O[C@@H](C)C(=O)Nc3ccccc3Cl)CC2=O)cc1. The van der Waals surface area contributed by atoms with Crippen LogP contribution in [0.5, 0.6) is 0 Å². The summed E-state index contributed by atoms with van der Waals surface area (Å²) >= 11 is 6.02. The lowest BCUT2D eigenvalue weighted by Gasteiger charge is -2.18. The molecular weight excluding hydrogens is 380 g/mol. The van der Waals surface area contributed by atoms with Gasteiger partial charge < -0.3 is 15.0 Å². The summed E-state index contributed by atoms with van der Waals surface area (Å²) in [6.45, 7) is 3.68. The Morgan fingerprint density at radius 3 is 2.54 bits per heavy atom. The van der Waals surface area contributed by atoms with Gasteiger partial charge in [0.05, 0.1) is 16.6 Å². The number of carbonyl (C=O) groups is 3. The lowest BCUT2D eigenvalue weighted by Crippen LogP contribution is -2.33. The number of hydrogen-bond donors (Lipinski definition) is 1. The molecule has 0 saturated carbocycles. The zero-order valence-electron chi connectivity index (χ0n) is 15.6. The van der Waals surface area contributed by atoms with Crippen LogP contribution in [0.4, 0.5) is 11.4 Å². The van der Waals surface area contributed by atoms with Crippen LogP contribution in [0.25, 0.3) is 0 Å². The molecule has 0 spiro atoms. The number of halogens is 1. The lowest BCUT2D eigenvalue weighted by atomic mass is 10.1. The molecule has 0 unspecified atom stereocenters. The first-order valence-electron chi connectivity index (χ1n) is 8.98. The van der Waals surface area contributed by atoms with Crippen molar-refractivity contribution in [1.82, 2.24) is 0 Å². The summed E-state index contributed by atoms with van der Waals surface area (Å²) in [6, 6.07) is 14.3. The molecular formula is C21H21ClN2O4. The first-order chi connectivity index (χ1) is 13.3. The fraction of sp³-hybridized carbons (Fsp3) is 0.286. The molecule has 3 rings (SSSR count). The number of carbonyl (C=O) groups excluding carboxylic acids is 3. The minimum Gasteiger partial charge on any atom is -0.452 e. The Hall–Kier alpha value is -2.86. The molecule has 2 aromatic rings. The van der Waals surface area contributed by atoms with Crippen LogP contribution >= 0.6 is 11.6 Å². The largest absolute Gasteiger partial charge is 0.452 e. The van der Waals surface area contributed by atoms with Crippen molar-refractivity contribution < 1.29 is 19.1 Å². The topological polar surface area (TPSA) is 75.7 Å². The van der Waals surface area contributed by atoms with Crippen LogP contribution in [-0.4, -0.2) is 30.4 Å². The van der Waals surface area contributed by atoms with Gasteiger partial charge >= 0.3 is 5.97 Å². The fourth-order valence-corrected chi connectivity index (χ4v) is 3.14. The summed E-state index contributed by atoms with van der Waals surface area (Å²) in [5, 5.41) is 3.02. The first-order valence-corrected chi connectivity index (χ1v) is 9.36. The molecule has 146 valence electrons. The molecule has 0 radical (unpaired) electrons. The zero-order valence-corrected chi connectivity index (χ0v) is 16.4. The molecule has 1 saturated heterocycles. The molecule has 1 aliphatic rings. The number of nitrogens with zero attached hydrogens (tertiary/aromatic N) is 1. The molecule has 1 N–H and O–H groups in total. The number of esters is 1. The number of rotatable bonds is 5. The molecule has 1 fully saturated rings. The molecule has 1 aliphatic heterocycles. The smallest absolute Gasteiger partial charge is 0.312 e. The van der Waals surface area contributed by atoms with Gasteiger partial charge in [-0.2, -0.15) is 0 Å². The third-order valence-corrected chi connectivity index (χ3v) is 4.93. The standard InChI is InChI=1S/C21H21ClN2O4/c1-13-7-9-16(10-8-13)24-12-15(11-19(24)25)21(27)28-14(2)20(26)23-18-6-4-3-5-17(18)22/h3-10,14-15H,11-12H2,1-2H3,(H,23,26)/t14-,15-/m0/s1. The Labute approximate surface area is 168 Å². The van der Waals surface area contributed by atoms with Crippen molar-refractivity contribution in [1.29, 1.82) is 0 Å². The number of benzene rings is 2. The van der Waals surface area contributed by atoms with Crippen LogP contribution in [0.2, 0.25) is 5.02 Å². The summed E-state index contributed by atoms with van der Waals surface area (Å²) < 4.78 is 5.29. The molecule has 0 aromatic heterocycles. The van der Waals surface area contributed by atoms with Gasteiger partial charge in [-0.15, -0.1) is 0 Å². The highest BCUT2D eigenvalue weighted by atomic mass is 35.5. The fourth-order valence-electron chi connectivity index (χ4n) is 2.96. The predicted molar refractivity (Wildman–Crippen MR) is 107 cm³/mol. The van der Waals surface area contributed by atoms with Gasteiger partial charge in [0, 0.05) is 18.7 Å². The first kappa shape index (κ1) is 19.9. The van der Waals surface area contributed by atoms with Crippen molar-refractivity contribution >= 4 is 40.8 Å². The third kappa shape index (κ3) is 4.51. The summed E-state index contributed by atoms with van der Waals surface area (Å²) in [5.41, 5.74) is 2.28. The monoisotopic (exact) mass is 400 g/mol. The van der Waals surface area contributed by atoms with Crippen molar-refractivity contribution in [2.45, 2.75) is 26.4 Å². The average molecular weight is 401 g/mol. The summed E-state index contributed by atoms with van der Waals surface area (Å²) in [7, 11) is 0. The number of hydrogen-bond acceptors (Lipinski definition) is 4. The van der Waals surface area contributed by atoms with Crippen LogP contribution < -0.4 is 10.2 Å². The predicted octanol–water partition coefficient (Wildman–Crippen LogP) is 3.57. The van der Waals surface area contributed by atoms with Gasteiger partial charge in [-0.1, -0.05) is 41.4 Å². The minimum atomic E-state index is -1.01. The Kier molecular flexibility index (Phi) is 5.99. The summed E-state index contributed by atoms with van der Waals surface area (Å²) in [6.07, 6.45) is -0.946. The van der Waals surface area contributed by atoms with E-state index in [1.165, 1.54) is 6.92 Å². The van der Waals surface area contributed by atoms with Gasteiger partial charge in [-0.05, 0) is 38.1 Å². The van der Waals surface area contributed by atoms with Crippen molar-refractivity contribution in [3.05, 3.63) is 59.1 Å². The van der Waals surface area contributed by atoms with Crippen molar-refractivity contribution in [3.63, 3.8) is 0 Å². The average Bonchev–Trinajstić information content (AvgIpc) is 3.06. The second-order valence-corrected chi connectivity index (χ2v) is 7.20. The number of para-hydroxylation sites is 1. The van der Waals surface area contributed by atoms with E-state index in [9.17, 15) is 14.4 Å². The van der Waals surface area contributed by atoms with Crippen LogP contribution in [0, 0.1) is 12.8 Å². The van der Waals surface area contributed by atoms with E-state index in [1.807, 2.05) is 31.2 Å². The van der Waals surface area contributed by atoms with E-state index in [1.54, 1.807) is 29.2 Å². The van der Waals surface area contributed by atoms with Crippen molar-refractivity contribution in [3.8, 4) is 0 Å². The Balaban J connectivity index is 1.58. The third-order valence-electron chi connectivity index (χ3n) is 4.60. The van der Waals surface area contributed by atoms with Gasteiger partial charge in [0.15, 0.2) is 6.10 Å². The maximum atomic E-state index is 12.4. The summed E-state index contributed by atoms with van der Waals surface area (Å²) in [4.78, 5) is 38.6.